The van der Waals surface area contributed by atoms with Crippen LogP contribution in [-0.2, 0) is 18.3 Å². The highest BCUT2D eigenvalue weighted by Crippen LogP contribution is 2.31. The lowest BCUT2D eigenvalue weighted by Crippen LogP contribution is -2.48. The lowest BCUT2D eigenvalue weighted by Gasteiger charge is -2.33. The summed E-state index contributed by atoms with van der Waals surface area (Å²) in [5.74, 6) is 0.615. The summed E-state index contributed by atoms with van der Waals surface area (Å²) in [6, 6.07) is 2.02. The van der Waals surface area contributed by atoms with Crippen molar-refractivity contribution < 1.29 is 4.79 Å². The number of amides is 1. The van der Waals surface area contributed by atoms with Gasteiger partial charge in [0.15, 0.2) is 0 Å². The number of aryl methyl sites for hydroxylation is 1. The van der Waals surface area contributed by atoms with Crippen molar-refractivity contribution in [3.63, 3.8) is 0 Å². The van der Waals surface area contributed by atoms with Crippen LogP contribution in [0.4, 0.5) is 0 Å². The molecule has 4 nitrogen and oxygen atoms in total. The van der Waals surface area contributed by atoms with Gasteiger partial charge in [-0.25, -0.2) is 0 Å². The first-order valence-corrected chi connectivity index (χ1v) is 5.81. The summed E-state index contributed by atoms with van der Waals surface area (Å²) < 4.78 is 1.88. The van der Waals surface area contributed by atoms with E-state index in [2.05, 4.69) is 24.3 Å². The molecule has 0 bridgehead atoms. The van der Waals surface area contributed by atoms with Gasteiger partial charge in [0.05, 0.1) is 0 Å². The zero-order chi connectivity index (χ0) is 11.8. The minimum atomic E-state index is -0.0785. The molecule has 16 heavy (non-hydrogen) atoms. The predicted octanol–water partition coefficient (Wildman–Crippen LogP) is 1.27. The van der Waals surface area contributed by atoms with Gasteiger partial charge in [-0.1, -0.05) is 13.8 Å². The van der Waals surface area contributed by atoms with Crippen LogP contribution in [0.3, 0.4) is 0 Å². The molecule has 1 amide bonds. The summed E-state index contributed by atoms with van der Waals surface area (Å²) in [7, 11) is 1.94. The van der Waals surface area contributed by atoms with Crippen LogP contribution in [0, 0.1) is 5.92 Å². The number of carbonyl (C=O) groups is 1. The van der Waals surface area contributed by atoms with Gasteiger partial charge in [-0.15, -0.1) is 0 Å². The Hall–Kier alpha value is -1.32. The van der Waals surface area contributed by atoms with Crippen molar-refractivity contribution in [2.75, 3.05) is 0 Å². The smallest absolute Gasteiger partial charge is 0.220 e. The fourth-order valence-corrected chi connectivity index (χ4v) is 2.41. The molecule has 1 N–H and O–H groups in total. The molecule has 1 aromatic rings. The maximum atomic E-state index is 11.4. The third kappa shape index (κ3) is 1.84. The summed E-state index contributed by atoms with van der Waals surface area (Å²) in [5, 5.41) is 7.32. The largest absolute Gasteiger partial charge is 0.350 e. The van der Waals surface area contributed by atoms with Gasteiger partial charge in [-0.3, -0.25) is 9.48 Å². The highest BCUT2D eigenvalue weighted by Gasteiger charge is 2.40. The van der Waals surface area contributed by atoms with Crippen LogP contribution < -0.4 is 5.32 Å². The predicted molar refractivity (Wildman–Crippen MR) is 61.9 cm³/mol. The van der Waals surface area contributed by atoms with Gasteiger partial charge in [0, 0.05) is 37.3 Å². The number of nitrogens with zero attached hydrogens (tertiary/aromatic N) is 2. The molecule has 0 aromatic carbocycles. The third-order valence-electron chi connectivity index (χ3n) is 3.71. The SMILES string of the molecule is CC(C)C1(Cc2ccnn2C)CCC(=O)N1. The monoisotopic (exact) mass is 221 g/mol. The molecule has 1 atom stereocenters. The van der Waals surface area contributed by atoms with Gasteiger partial charge >= 0.3 is 0 Å². The van der Waals surface area contributed by atoms with Gasteiger partial charge in [-0.05, 0) is 18.4 Å². The van der Waals surface area contributed by atoms with E-state index in [1.807, 2.05) is 17.8 Å². The van der Waals surface area contributed by atoms with Gasteiger partial charge in [0.1, 0.15) is 0 Å². The number of aromatic nitrogens is 2. The first kappa shape index (κ1) is 11.2. The molecule has 2 heterocycles. The zero-order valence-electron chi connectivity index (χ0n) is 10.2. The van der Waals surface area contributed by atoms with Gasteiger partial charge in [0.25, 0.3) is 0 Å². The van der Waals surface area contributed by atoms with E-state index < -0.39 is 0 Å². The van der Waals surface area contributed by atoms with E-state index in [-0.39, 0.29) is 11.4 Å². The van der Waals surface area contributed by atoms with Crippen LogP contribution in [0.1, 0.15) is 32.4 Å². The lowest BCUT2D eigenvalue weighted by atomic mass is 9.81. The number of hydrogen-bond donors (Lipinski definition) is 1. The van der Waals surface area contributed by atoms with Gasteiger partial charge in [0.2, 0.25) is 5.91 Å². The summed E-state index contributed by atoms with van der Waals surface area (Å²) in [6.07, 6.45) is 4.25. The van der Waals surface area contributed by atoms with Crippen molar-refractivity contribution in [2.24, 2.45) is 13.0 Å². The Morgan fingerprint density at radius 3 is 2.81 bits per heavy atom. The molecule has 1 aliphatic rings. The Balaban J connectivity index is 2.22. The van der Waals surface area contributed by atoms with Crippen LogP contribution in [0.5, 0.6) is 0 Å². The molecule has 1 aromatic heterocycles. The first-order valence-electron chi connectivity index (χ1n) is 5.81. The number of nitrogens with one attached hydrogen (secondary N) is 1. The van der Waals surface area contributed by atoms with E-state index >= 15 is 0 Å². The number of carbonyl (C=O) groups excluding carboxylic acids is 1. The van der Waals surface area contributed by atoms with E-state index in [0.717, 1.165) is 12.8 Å². The molecule has 0 spiro atoms. The van der Waals surface area contributed by atoms with Crippen molar-refractivity contribution in [1.82, 2.24) is 15.1 Å². The normalized spacial score (nSPS) is 25.1. The first-order chi connectivity index (χ1) is 7.53. The van der Waals surface area contributed by atoms with Crippen LogP contribution in [-0.4, -0.2) is 21.2 Å². The van der Waals surface area contributed by atoms with Gasteiger partial charge in [-0.2, -0.15) is 5.10 Å². The molecule has 1 saturated heterocycles. The second-order valence-electron chi connectivity index (χ2n) is 4.98. The van der Waals surface area contributed by atoms with Crippen molar-refractivity contribution in [3.8, 4) is 0 Å². The van der Waals surface area contributed by atoms with Crippen LogP contribution >= 0.6 is 0 Å². The number of rotatable bonds is 3. The maximum Gasteiger partial charge on any atom is 0.220 e. The lowest BCUT2D eigenvalue weighted by molar-refractivity contribution is -0.120. The molecule has 2 rings (SSSR count). The molecule has 1 unspecified atom stereocenters. The molecular formula is C12H19N3O. The van der Waals surface area contributed by atoms with Crippen LogP contribution in [0.25, 0.3) is 0 Å². The summed E-state index contributed by atoms with van der Waals surface area (Å²) in [6.45, 7) is 4.34. The highest BCUT2D eigenvalue weighted by molar-refractivity contribution is 5.79. The molecular weight excluding hydrogens is 202 g/mol. The molecule has 0 radical (unpaired) electrons. The fraction of sp³-hybridized carbons (Fsp3) is 0.667. The van der Waals surface area contributed by atoms with Crippen molar-refractivity contribution in [1.29, 1.82) is 0 Å². The average molecular weight is 221 g/mol. The third-order valence-corrected chi connectivity index (χ3v) is 3.71. The molecule has 4 heteroatoms. The fourth-order valence-electron chi connectivity index (χ4n) is 2.41. The maximum absolute atomic E-state index is 11.4. The molecule has 1 aliphatic heterocycles. The molecule has 0 aliphatic carbocycles. The minimum absolute atomic E-state index is 0.0785. The molecule has 0 saturated carbocycles. The highest BCUT2D eigenvalue weighted by atomic mass is 16.2. The molecule has 88 valence electrons. The average Bonchev–Trinajstić information content (AvgIpc) is 2.76. The van der Waals surface area contributed by atoms with Crippen molar-refractivity contribution >= 4 is 5.91 Å². The Kier molecular flexibility index (Phi) is 2.74. The van der Waals surface area contributed by atoms with E-state index in [1.165, 1.54) is 5.69 Å². The number of hydrogen-bond acceptors (Lipinski definition) is 2. The Bertz CT molecular complexity index is 397. The van der Waals surface area contributed by atoms with E-state index in [0.29, 0.717) is 12.3 Å². The minimum Gasteiger partial charge on any atom is -0.350 e. The second kappa shape index (κ2) is 3.92. The van der Waals surface area contributed by atoms with Crippen LogP contribution in [0.2, 0.25) is 0 Å². The molecule has 1 fully saturated rings. The van der Waals surface area contributed by atoms with Crippen LogP contribution in [0.15, 0.2) is 12.3 Å². The Morgan fingerprint density at radius 1 is 1.62 bits per heavy atom. The second-order valence-corrected chi connectivity index (χ2v) is 4.98. The summed E-state index contributed by atoms with van der Waals surface area (Å²) >= 11 is 0. The standard InChI is InChI=1S/C12H19N3O/c1-9(2)12(6-4-11(16)14-12)8-10-5-7-13-15(10)3/h5,7,9H,4,6,8H2,1-3H3,(H,14,16). The van der Waals surface area contributed by atoms with Gasteiger partial charge < -0.3 is 5.32 Å². The van der Waals surface area contributed by atoms with Crippen molar-refractivity contribution in [3.05, 3.63) is 18.0 Å². The van der Waals surface area contributed by atoms with E-state index in [9.17, 15) is 4.79 Å². The van der Waals surface area contributed by atoms with E-state index in [1.54, 1.807) is 6.20 Å². The Morgan fingerprint density at radius 2 is 2.38 bits per heavy atom. The summed E-state index contributed by atoms with van der Waals surface area (Å²) in [5.41, 5.74) is 1.10. The summed E-state index contributed by atoms with van der Waals surface area (Å²) in [4.78, 5) is 11.4. The topological polar surface area (TPSA) is 46.9 Å². The van der Waals surface area contributed by atoms with Crippen molar-refractivity contribution in [2.45, 2.75) is 38.6 Å². The quantitative estimate of drug-likeness (QED) is 0.835. The Labute approximate surface area is 96.0 Å². The van der Waals surface area contributed by atoms with E-state index in [4.69, 9.17) is 0 Å². The zero-order valence-corrected chi connectivity index (χ0v) is 10.2.